The van der Waals surface area contributed by atoms with Crippen LogP contribution in [0.3, 0.4) is 0 Å². The molecule has 0 aromatic heterocycles. The Labute approximate surface area is 197 Å². The third kappa shape index (κ3) is 9.37. The number of piperidine rings is 1. The number of alkyl carbamates (subject to hydrolysis) is 1. The van der Waals surface area contributed by atoms with E-state index in [0.29, 0.717) is 18.0 Å². The number of nitrogens with one attached hydrogen (secondary N) is 1. The van der Waals surface area contributed by atoms with Crippen molar-refractivity contribution in [3.8, 4) is 0 Å². The van der Waals surface area contributed by atoms with Crippen molar-refractivity contribution in [2.24, 2.45) is 5.92 Å². The average Bonchev–Trinajstić information content (AvgIpc) is 2.74. The summed E-state index contributed by atoms with van der Waals surface area (Å²) in [7, 11) is 0. The van der Waals surface area contributed by atoms with Gasteiger partial charge in [-0.25, -0.2) is 9.18 Å². The highest BCUT2D eigenvalue weighted by molar-refractivity contribution is 8.11. The summed E-state index contributed by atoms with van der Waals surface area (Å²) in [6, 6.07) is 7.02. The maximum atomic E-state index is 14.4. The lowest BCUT2D eigenvalue weighted by molar-refractivity contribution is 0.0510. The predicted molar refractivity (Wildman–Crippen MR) is 134 cm³/mol. The molecule has 0 aliphatic carbocycles. The number of rotatable bonds is 9. The number of carbonyl (C=O) groups excluding carboxylic acids is 1. The Hall–Kier alpha value is -1.79. The number of benzene rings is 1. The van der Waals surface area contributed by atoms with E-state index in [1.54, 1.807) is 17.8 Å². The number of nitrogens with zero attached hydrogens (tertiary/aromatic N) is 1. The molecular weight excluding hydrogens is 423 g/mol. The molecule has 0 radical (unpaired) electrons. The van der Waals surface area contributed by atoms with Gasteiger partial charge in [-0.1, -0.05) is 55.5 Å². The summed E-state index contributed by atoms with van der Waals surface area (Å²) in [6.07, 6.45) is 8.01. The van der Waals surface area contributed by atoms with E-state index in [4.69, 9.17) is 4.74 Å². The SMILES string of the molecule is CC=C(CN1CCC(CNC(=O)OC(C)(C)C)CC1)SC(=CCCC)c1ccccc1F. The molecule has 0 saturated carbocycles. The summed E-state index contributed by atoms with van der Waals surface area (Å²) < 4.78 is 19.7. The van der Waals surface area contributed by atoms with Gasteiger partial charge in [0, 0.05) is 23.6 Å². The molecule has 32 heavy (non-hydrogen) atoms. The van der Waals surface area contributed by atoms with Gasteiger partial charge in [0.15, 0.2) is 0 Å². The largest absolute Gasteiger partial charge is 0.444 e. The summed E-state index contributed by atoms with van der Waals surface area (Å²) in [5.41, 5.74) is 0.207. The molecule has 2 rings (SSSR count). The Bertz CT molecular complexity index is 793. The molecule has 1 saturated heterocycles. The third-order valence-corrected chi connectivity index (χ3v) is 6.57. The van der Waals surface area contributed by atoms with Crippen LogP contribution in [0.4, 0.5) is 9.18 Å². The third-order valence-electron chi connectivity index (χ3n) is 5.34. The molecule has 1 heterocycles. The van der Waals surface area contributed by atoms with Gasteiger partial charge in [0.1, 0.15) is 11.4 Å². The van der Waals surface area contributed by atoms with E-state index in [-0.39, 0.29) is 11.9 Å². The molecule has 1 aromatic rings. The topological polar surface area (TPSA) is 41.6 Å². The van der Waals surface area contributed by atoms with Gasteiger partial charge in [-0.3, -0.25) is 4.90 Å². The number of ether oxygens (including phenoxy) is 1. The number of likely N-dealkylation sites (tertiary alicyclic amines) is 1. The van der Waals surface area contributed by atoms with Crippen molar-refractivity contribution in [3.63, 3.8) is 0 Å². The Morgan fingerprint density at radius 3 is 2.56 bits per heavy atom. The smallest absolute Gasteiger partial charge is 0.407 e. The highest BCUT2D eigenvalue weighted by atomic mass is 32.2. The molecule has 0 spiro atoms. The molecule has 1 amide bonds. The fourth-order valence-electron chi connectivity index (χ4n) is 3.58. The predicted octanol–water partition coefficient (Wildman–Crippen LogP) is 6.84. The lowest BCUT2D eigenvalue weighted by Crippen LogP contribution is -2.40. The molecule has 1 aromatic carbocycles. The van der Waals surface area contributed by atoms with E-state index in [1.165, 1.54) is 11.0 Å². The van der Waals surface area contributed by atoms with Gasteiger partial charge in [-0.15, -0.1) is 0 Å². The number of amides is 1. The van der Waals surface area contributed by atoms with Crippen LogP contribution in [-0.2, 0) is 4.74 Å². The monoisotopic (exact) mass is 462 g/mol. The van der Waals surface area contributed by atoms with Crippen molar-refractivity contribution in [1.82, 2.24) is 10.2 Å². The first-order valence-corrected chi connectivity index (χ1v) is 12.5. The number of thioether (sulfide) groups is 1. The quantitative estimate of drug-likeness (QED) is 0.436. The minimum Gasteiger partial charge on any atom is -0.444 e. The van der Waals surface area contributed by atoms with Crippen molar-refractivity contribution in [3.05, 3.63) is 52.7 Å². The van der Waals surface area contributed by atoms with Crippen LogP contribution in [0.15, 0.2) is 41.3 Å². The number of allylic oxidation sites excluding steroid dienone is 2. The minimum atomic E-state index is -0.471. The normalized spacial score (nSPS) is 16.8. The van der Waals surface area contributed by atoms with Gasteiger partial charge in [0.25, 0.3) is 0 Å². The van der Waals surface area contributed by atoms with Crippen LogP contribution in [-0.4, -0.2) is 42.8 Å². The second-order valence-electron chi connectivity index (χ2n) is 9.30. The lowest BCUT2D eigenvalue weighted by Gasteiger charge is -2.32. The number of unbranched alkanes of at least 4 members (excludes halogenated alkanes) is 1. The zero-order valence-electron chi connectivity index (χ0n) is 20.2. The first kappa shape index (κ1) is 26.5. The number of carbonyl (C=O) groups is 1. The van der Waals surface area contributed by atoms with E-state index in [2.05, 4.69) is 36.2 Å². The maximum absolute atomic E-state index is 14.4. The van der Waals surface area contributed by atoms with E-state index in [9.17, 15) is 9.18 Å². The van der Waals surface area contributed by atoms with Crippen LogP contribution in [0.5, 0.6) is 0 Å². The fourth-order valence-corrected chi connectivity index (χ4v) is 4.70. The molecule has 0 atom stereocenters. The zero-order valence-corrected chi connectivity index (χ0v) is 21.1. The molecule has 0 unspecified atom stereocenters. The van der Waals surface area contributed by atoms with Crippen LogP contribution in [0.1, 0.15) is 65.9 Å². The fraction of sp³-hybridized carbons (Fsp3) is 0.577. The van der Waals surface area contributed by atoms with Gasteiger partial charge < -0.3 is 10.1 Å². The number of halogens is 1. The van der Waals surface area contributed by atoms with Crippen LogP contribution >= 0.6 is 11.8 Å². The van der Waals surface area contributed by atoms with Crippen LogP contribution in [0, 0.1) is 11.7 Å². The minimum absolute atomic E-state index is 0.170. The molecule has 178 valence electrons. The van der Waals surface area contributed by atoms with Crippen molar-refractivity contribution in [1.29, 1.82) is 0 Å². The molecular formula is C26H39FN2O2S. The zero-order chi connectivity index (χ0) is 23.6. The summed E-state index contributed by atoms with van der Waals surface area (Å²) in [5.74, 6) is 0.301. The Kier molecular flexibility index (Phi) is 10.8. The van der Waals surface area contributed by atoms with E-state index < -0.39 is 5.60 Å². The second-order valence-corrected chi connectivity index (χ2v) is 10.5. The molecule has 1 aliphatic rings. The standard InChI is InChI=1S/C26H39FN2O2S/c1-6-8-13-24(22-11-9-10-12-23(22)27)32-21(7-2)19-29-16-14-20(15-17-29)18-28-25(30)31-26(3,4)5/h7,9-13,20H,6,8,14-19H2,1-5H3,(H,28,30). The summed E-state index contributed by atoms with van der Waals surface area (Å²) in [6.45, 7) is 13.3. The lowest BCUT2D eigenvalue weighted by atomic mass is 9.97. The first-order valence-electron chi connectivity index (χ1n) is 11.7. The van der Waals surface area contributed by atoms with E-state index in [1.807, 2.05) is 32.9 Å². The van der Waals surface area contributed by atoms with Crippen LogP contribution in [0.2, 0.25) is 0 Å². The van der Waals surface area contributed by atoms with Crippen LogP contribution in [0.25, 0.3) is 4.91 Å². The maximum Gasteiger partial charge on any atom is 0.407 e. The van der Waals surface area contributed by atoms with Crippen LogP contribution < -0.4 is 5.32 Å². The molecule has 1 aliphatic heterocycles. The first-order chi connectivity index (χ1) is 15.2. The second kappa shape index (κ2) is 13.0. The highest BCUT2D eigenvalue weighted by Gasteiger charge is 2.22. The van der Waals surface area contributed by atoms with Gasteiger partial charge in [-0.05, 0) is 76.9 Å². The summed E-state index contributed by atoms with van der Waals surface area (Å²) >= 11 is 1.68. The summed E-state index contributed by atoms with van der Waals surface area (Å²) in [4.78, 5) is 16.6. The number of hydrogen-bond donors (Lipinski definition) is 1. The molecule has 4 nitrogen and oxygen atoms in total. The van der Waals surface area contributed by atoms with Gasteiger partial charge in [0.05, 0.1) is 0 Å². The summed E-state index contributed by atoms with van der Waals surface area (Å²) in [5, 5.41) is 2.91. The molecule has 1 N–H and O–H groups in total. The molecule has 6 heteroatoms. The number of hydrogen-bond acceptors (Lipinski definition) is 4. The Morgan fingerprint density at radius 1 is 1.28 bits per heavy atom. The molecule has 0 bridgehead atoms. The van der Waals surface area contributed by atoms with Gasteiger partial charge in [-0.2, -0.15) is 0 Å². The Morgan fingerprint density at radius 2 is 1.97 bits per heavy atom. The van der Waals surface area contributed by atoms with Gasteiger partial charge in [0.2, 0.25) is 0 Å². The van der Waals surface area contributed by atoms with Crippen molar-refractivity contribution >= 4 is 22.8 Å². The van der Waals surface area contributed by atoms with E-state index >= 15 is 0 Å². The van der Waals surface area contributed by atoms with E-state index in [0.717, 1.165) is 50.2 Å². The van der Waals surface area contributed by atoms with Crippen molar-refractivity contribution < 1.29 is 13.9 Å². The molecule has 1 fully saturated rings. The van der Waals surface area contributed by atoms with Gasteiger partial charge >= 0.3 is 6.09 Å². The Balaban J connectivity index is 1.86. The highest BCUT2D eigenvalue weighted by Crippen LogP contribution is 2.36. The average molecular weight is 463 g/mol. The van der Waals surface area contributed by atoms with Crippen molar-refractivity contribution in [2.75, 3.05) is 26.2 Å². The van der Waals surface area contributed by atoms with Crippen molar-refractivity contribution in [2.45, 2.75) is 65.9 Å².